The molecule has 1 aromatic carbocycles. The van der Waals surface area contributed by atoms with Gasteiger partial charge in [0.2, 0.25) is 11.8 Å². The lowest BCUT2D eigenvalue weighted by molar-refractivity contribution is -0.124. The maximum atomic E-state index is 13.3. The molecule has 0 N–H and O–H groups in total. The van der Waals surface area contributed by atoms with Gasteiger partial charge in [-0.15, -0.1) is 0 Å². The third kappa shape index (κ3) is 2.49. The van der Waals surface area contributed by atoms with E-state index in [1.165, 1.54) is 17.7 Å². The second kappa shape index (κ2) is 6.28. The van der Waals surface area contributed by atoms with Gasteiger partial charge in [0, 0.05) is 18.7 Å². The average molecular weight is 390 g/mol. The highest BCUT2D eigenvalue weighted by Crippen LogP contribution is 2.65. The van der Waals surface area contributed by atoms with Crippen LogP contribution in [0.3, 0.4) is 0 Å². The van der Waals surface area contributed by atoms with Gasteiger partial charge < -0.3 is 4.90 Å². The number of amides is 3. The SMILES string of the molecule is O=C(c1cccc(N2C(=O)[C@@H]3[C@H]4C=C[C@@H]([C@@H]5C[C@@H]45)[C@@H]3C2=O)c1)N1CCCCCC1. The topological polar surface area (TPSA) is 57.7 Å². The molecule has 29 heavy (non-hydrogen) atoms. The van der Waals surface area contributed by atoms with E-state index in [9.17, 15) is 14.4 Å². The van der Waals surface area contributed by atoms with Crippen molar-refractivity contribution < 1.29 is 14.4 Å². The first-order chi connectivity index (χ1) is 14.1. The van der Waals surface area contributed by atoms with Gasteiger partial charge >= 0.3 is 0 Å². The molecule has 7 rings (SSSR count). The number of benzene rings is 1. The summed E-state index contributed by atoms with van der Waals surface area (Å²) in [4.78, 5) is 42.9. The minimum Gasteiger partial charge on any atom is -0.339 e. The summed E-state index contributed by atoms with van der Waals surface area (Å²) in [5.41, 5.74) is 1.13. The van der Waals surface area contributed by atoms with E-state index in [1.54, 1.807) is 24.3 Å². The van der Waals surface area contributed by atoms with Crippen LogP contribution < -0.4 is 4.90 Å². The fourth-order valence-corrected chi connectivity index (χ4v) is 6.45. The van der Waals surface area contributed by atoms with Gasteiger partial charge in [-0.2, -0.15) is 0 Å². The lowest BCUT2D eigenvalue weighted by Crippen LogP contribution is -2.40. The van der Waals surface area contributed by atoms with E-state index in [2.05, 4.69) is 12.2 Å². The zero-order valence-corrected chi connectivity index (χ0v) is 16.5. The van der Waals surface area contributed by atoms with E-state index in [-0.39, 0.29) is 41.4 Å². The Kier molecular flexibility index (Phi) is 3.78. The fraction of sp³-hybridized carbons (Fsp3) is 0.542. The predicted octanol–water partition coefficient (Wildman–Crippen LogP) is 3.26. The van der Waals surface area contributed by atoms with Crippen LogP contribution in [0.5, 0.6) is 0 Å². The smallest absolute Gasteiger partial charge is 0.253 e. The minimum atomic E-state index is -0.203. The lowest BCUT2D eigenvalue weighted by atomic mass is 9.63. The Hall–Kier alpha value is -2.43. The first-order valence-corrected chi connectivity index (χ1v) is 11.1. The summed E-state index contributed by atoms with van der Waals surface area (Å²) in [6.07, 6.45) is 9.95. The highest BCUT2D eigenvalue weighted by molar-refractivity contribution is 6.23. The number of likely N-dealkylation sites (tertiary alicyclic amines) is 1. The highest BCUT2D eigenvalue weighted by atomic mass is 16.2. The Balaban J connectivity index is 1.30. The number of carbonyl (C=O) groups excluding carboxylic acids is 3. The zero-order valence-electron chi connectivity index (χ0n) is 16.5. The highest BCUT2D eigenvalue weighted by Gasteiger charge is 2.67. The molecular formula is C24H26N2O3. The molecule has 5 heteroatoms. The number of carbonyl (C=O) groups is 3. The van der Waals surface area contributed by atoms with Crippen molar-refractivity contribution in [3.05, 3.63) is 42.0 Å². The summed E-state index contributed by atoms with van der Waals surface area (Å²) < 4.78 is 0. The Labute approximate surface area is 170 Å². The Bertz CT molecular complexity index is 894. The van der Waals surface area contributed by atoms with E-state index >= 15 is 0 Å². The van der Waals surface area contributed by atoms with Crippen LogP contribution in [0.4, 0.5) is 5.69 Å². The van der Waals surface area contributed by atoms with Crippen molar-refractivity contribution in [3.8, 4) is 0 Å². The molecule has 1 aromatic rings. The van der Waals surface area contributed by atoms with Crippen molar-refractivity contribution in [2.24, 2.45) is 35.5 Å². The standard InChI is InChI=1S/C24H26N2O3/c27-22(25-10-3-1-2-4-11-25)14-6-5-7-15(12-14)26-23(28)20-16-8-9-17(19-13-18(16)19)21(20)24(26)29/h5-9,12,16-21H,1-4,10-11,13H2/t16-,17-,18-,19-,20-,21+/m0/s1. The molecule has 6 aliphatic rings. The van der Waals surface area contributed by atoms with Gasteiger partial charge in [-0.3, -0.25) is 14.4 Å². The van der Waals surface area contributed by atoms with Crippen molar-refractivity contribution in [2.75, 3.05) is 18.0 Å². The average Bonchev–Trinajstić information content (AvgIpc) is 3.55. The number of anilines is 1. The van der Waals surface area contributed by atoms with Crippen LogP contribution >= 0.6 is 0 Å². The molecule has 0 aromatic heterocycles. The van der Waals surface area contributed by atoms with Gasteiger partial charge in [0.1, 0.15) is 0 Å². The molecule has 0 unspecified atom stereocenters. The van der Waals surface area contributed by atoms with E-state index < -0.39 is 0 Å². The van der Waals surface area contributed by atoms with Crippen LogP contribution in [0.15, 0.2) is 36.4 Å². The largest absolute Gasteiger partial charge is 0.339 e. The quantitative estimate of drug-likeness (QED) is 0.575. The van der Waals surface area contributed by atoms with Gasteiger partial charge in [-0.25, -0.2) is 4.90 Å². The Morgan fingerprint density at radius 3 is 2.10 bits per heavy atom. The molecule has 2 heterocycles. The molecule has 2 saturated carbocycles. The molecule has 4 fully saturated rings. The number of allylic oxidation sites excluding steroid dienone is 2. The van der Waals surface area contributed by atoms with Crippen molar-refractivity contribution in [1.82, 2.24) is 4.90 Å². The van der Waals surface area contributed by atoms with Gasteiger partial charge in [0.05, 0.1) is 17.5 Å². The molecule has 2 bridgehead atoms. The molecule has 6 atom stereocenters. The molecule has 150 valence electrons. The predicted molar refractivity (Wildman–Crippen MR) is 108 cm³/mol. The third-order valence-electron chi connectivity index (χ3n) is 7.91. The summed E-state index contributed by atoms with van der Waals surface area (Å²) in [6.45, 7) is 1.57. The van der Waals surface area contributed by atoms with Gasteiger partial charge in [0.25, 0.3) is 5.91 Å². The van der Waals surface area contributed by atoms with Crippen LogP contribution in [0.2, 0.25) is 0 Å². The summed E-state index contributed by atoms with van der Waals surface area (Å²) in [5, 5.41) is 0. The second-order valence-electron chi connectivity index (χ2n) is 9.42. The molecule has 0 spiro atoms. The summed E-state index contributed by atoms with van der Waals surface area (Å²) >= 11 is 0. The van der Waals surface area contributed by atoms with Crippen molar-refractivity contribution in [1.29, 1.82) is 0 Å². The van der Waals surface area contributed by atoms with Crippen LogP contribution in [0.25, 0.3) is 0 Å². The van der Waals surface area contributed by atoms with Crippen LogP contribution in [-0.2, 0) is 9.59 Å². The van der Waals surface area contributed by atoms with E-state index in [1.807, 2.05) is 4.90 Å². The number of rotatable bonds is 2. The van der Waals surface area contributed by atoms with Crippen molar-refractivity contribution in [2.45, 2.75) is 32.1 Å². The Morgan fingerprint density at radius 2 is 1.48 bits per heavy atom. The minimum absolute atomic E-state index is 0.00763. The van der Waals surface area contributed by atoms with Crippen molar-refractivity contribution in [3.63, 3.8) is 0 Å². The first-order valence-electron chi connectivity index (χ1n) is 11.1. The molecule has 4 aliphatic carbocycles. The van der Waals surface area contributed by atoms with E-state index in [4.69, 9.17) is 0 Å². The third-order valence-corrected chi connectivity index (χ3v) is 7.91. The molecule has 3 amide bonds. The first kappa shape index (κ1) is 17.4. The fourth-order valence-electron chi connectivity index (χ4n) is 6.45. The molecule has 0 radical (unpaired) electrons. The van der Waals surface area contributed by atoms with Gasteiger partial charge in [-0.05, 0) is 61.1 Å². The maximum absolute atomic E-state index is 13.3. The number of hydrogen-bond donors (Lipinski definition) is 0. The zero-order chi connectivity index (χ0) is 19.7. The molecule has 5 nitrogen and oxygen atoms in total. The van der Waals surface area contributed by atoms with Crippen LogP contribution in [-0.4, -0.2) is 35.7 Å². The lowest BCUT2D eigenvalue weighted by Gasteiger charge is -2.37. The molecule has 2 aliphatic heterocycles. The van der Waals surface area contributed by atoms with Crippen LogP contribution in [0.1, 0.15) is 42.5 Å². The number of nitrogens with zero attached hydrogens (tertiary/aromatic N) is 2. The van der Waals surface area contributed by atoms with Gasteiger partial charge in [0.15, 0.2) is 0 Å². The second-order valence-corrected chi connectivity index (χ2v) is 9.42. The van der Waals surface area contributed by atoms with Crippen molar-refractivity contribution >= 4 is 23.4 Å². The summed E-state index contributed by atoms with van der Waals surface area (Å²) in [5.74, 6) is 1.10. The van der Waals surface area contributed by atoms with E-state index in [0.717, 1.165) is 32.4 Å². The summed E-state index contributed by atoms with van der Waals surface area (Å²) in [7, 11) is 0. The molecule has 2 saturated heterocycles. The summed E-state index contributed by atoms with van der Waals surface area (Å²) in [6, 6.07) is 7.14. The molecular weight excluding hydrogens is 364 g/mol. The normalized spacial score (nSPS) is 37.4. The Morgan fingerprint density at radius 1 is 0.862 bits per heavy atom. The maximum Gasteiger partial charge on any atom is 0.253 e. The van der Waals surface area contributed by atoms with Gasteiger partial charge in [-0.1, -0.05) is 31.1 Å². The number of hydrogen-bond acceptors (Lipinski definition) is 3. The monoisotopic (exact) mass is 390 g/mol. The number of imide groups is 1. The van der Waals surface area contributed by atoms with Crippen LogP contribution in [0, 0.1) is 35.5 Å². The van der Waals surface area contributed by atoms with E-state index in [0.29, 0.717) is 23.1 Å².